The molecule has 5 atom stereocenters. The van der Waals surface area contributed by atoms with Gasteiger partial charge in [-0.1, -0.05) is 34.6 Å². The first-order chi connectivity index (χ1) is 13.3. The second-order valence-corrected chi connectivity index (χ2v) is 16.7. The minimum absolute atomic E-state index is 0.0294. The fourth-order valence-electron chi connectivity index (χ4n) is 6.08. The molecule has 1 aliphatic heterocycles. The average molecular weight is 418 g/mol. The fourth-order valence-corrected chi connectivity index (χ4v) is 7.12. The Morgan fingerprint density at radius 3 is 2.48 bits per heavy atom. The van der Waals surface area contributed by atoms with Crippen LogP contribution in [0.1, 0.15) is 73.1 Å². The van der Waals surface area contributed by atoms with Crippen molar-refractivity contribution < 1.29 is 14.3 Å². The first-order valence-corrected chi connectivity index (χ1v) is 14.3. The van der Waals surface area contributed by atoms with E-state index in [1.165, 1.54) is 5.57 Å². The van der Waals surface area contributed by atoms with Gasteiger partial charge < -0.3 is 14.8 Å². The molecular formula is C24H39NO3Si. The highest BCUT2D eigenvalue weighted by molar-refractivity contribution is 6.74. The largest absolute Gasteiger partial charge is 0.543 e. The number of carbonyl (C=O) groups excluding carboxylic acids is 1. The third-order valence-electron chi connectivity index (χ3n) is 9.27. The number of hydrogen-bond donors (Lipinski definition) is 2. The van der Waals surface area contributed by atoms with Gasteiger partial charge in [0.2, 0.25) is 14.2 Å². The summed E-state index contributed by atoms with van der Waals surface area (Å²) in [5.74, 6) is 1.91. The molecule has 2 saturated carbocycles. The zero-order chi connectivity index (χ0) is 21.4. The molecule has 0 aromatic rings. The number of fused-ring (bicyclic) bond motifs is 5. The first-order valence-electron chi connectivity index (χ1n) is 11.4. The number of carbonyl (C=O) groups is 1. The quantitative estimate of drug-likeness (QED) is 0.602. The van der Waals surface area contributed by atoms with Crippen LogP contribution in [0.3, 0.4) is 0 Å². The van der Waals surface area contributed by atoms with Gasteiger partial charge >= 0.3 is 0 Å². The van der Waals surface area contributed by atoms with E-state index >= 15 is 0 Å². The molecule has 1 heterocycles. The van der Waals surface area contributed by atoms with Crippen LogP contribution in [0.5, 0.6) is 0 Å². The van der Waals surface area contributed by atoms with Gasteiger partial charge in [0.05, 0.1) is 6.10 Å². The van der Waals surface area contributed by atoms with Crippen molar-refractivity contribution in [3.05, 3.63) is 23.1 Å². The van der Waals surface area contributed by atoms with Gasteiger partial charge in [-0.2, -0.15) is 0 Å². The summed E-state index contributed by atoms with van der Waals surface area (Å²) in [4.78, 5) is 12.2. The number of aliphatic hydroxyl groups excluding tert-OH is 1. The molecule has 4 nitrogen and oxygen atoms in total. The standard InChI is InChI=1S/C24H39NO3Si/c1-22(2,3)29(6,7)28-17-14-18-23(4,13-11-20(27)25-18)16-10-12-24(5)15(21(16)17)8-9-19(24)26/h14-16,19,26H,8-13H2,1-7H3,(H,25,27)/t15-,16-,19-,23+,24-/m0/s1. The molecule has 0 aromatic heterocycles. The van der Waals surface area contributed by atoms with E-state index in [2.05, 4.69) is 59.1 Å². The molecule has 0 aromatic carbocycles. The normalized spacial score (nSPS) is 39.9. The van der Waals surface area contributed by atoms with Crippen molar-refractivity contribution in [1.82, 2.24) is 5.32 Å². The molecule has 3 aliphatic carbocycles. The summed E-state index contributed by atoms with van der Waals surface area (Å²) in [6.45, 7) is 16.0. The first kappa shape index (κ1) is 21.2. The Balaban J connectivity index is 1.86. The summed E-state index contributed by atoms with van der Waals surface area (Å²) in [5, 5.41) is 14.1. The lowest BCUT2D eigenvalue weighted by Crippen LogP contribution is -2.51. The highest BCUT2D eigenvalue weighted by atomic mass is 28.4. The second kappa shape index (κ2) is 6.46. The third kappa shape index (κ3) is 3.06. The van der Waals surface area contributed by atoms with Crippen LogP contribution < -0.4 is 5.32 Å². The Hall–Kier alpha value is -1.07. The molecule has 0 radical (unpaired) electrons. The molecule has 2 N–H and O–H groups in total. The summed E-state index contributed by atoms with van der Waals surface area (Å²) < 4.78 is 6.94. The average Bonchev–Trinajstić information content (AvgIpc) is 2.90. The van der Waals surface area contributed by atoms with E-state index < -0.39 is 8.32 Å². The van der Waals surface area contributed by atoms with Crippen LogP contribution >= 0.6 is 0 Å². The fraction of sp³-hybridized carbons (Fsp3) is 0.792. The monoisotopic (exact) mass is 417 g/mol. The lowest BCUT2D eigenvalue weighted by Gasteiger charge is -2.54. The third-order valence-corrected chi connectivity index (χ3v) is 13.6. The summed E-state index contributed by atoms with van der Waals surface area (Å²) in [7, 11) is -2.03. The molecule has 1 saturated heterocycles. The molecule has 162 valence electrons. The van der Waals surface area contributed by atoms with Crippen molar-refractivity contribution >= 4 is 14.2 Å². The number of amides is 1. The van der Waals surface area contributed by atoms with Crippen LogP contribution in [-0.4, -0.2) is 25.4 Å². The Kier molecular flexibility index (Phi) is 4.72. The number of allylic oxidation sites excluding steroid dienone is 3. The van der Waals surface area contributed by atoms with E-state index in [9.17, 15) is 9.90 Å². The maximum Gasteiger partial charge on any atom is 0.250 e. The predicted molar refractivity (Wildman–Crippen MR) is 118 cm³/mol. The molecule has 5 heteroatoms. The molecule has 1 amide bonds. The molecule has 4 rings (SSSR count). The molecule has 29 heavy (non-hydrogen) atoms. The lowest BCUT2D eigenvalue weighted by atomic mass is 9.53. The minimum Gasteiger partial charge on any atom is -0.543 e. The Morgan fingerprint density at radius 2 is 1.83 bits per heavy atom. The molecule has 3 fully saturated rings. The van der Waals surface area contributed by atoms with Gasteiger partial charge in [0.15, 0.2) is 0 Å². The maximum absolute atomic E-state index is 12.2. The molecule has 0 unspecified atom stereocenters. The van der Waals surface area contributed by atoms with E-state index in [4.69, 9.17) is 4.43 Å². The van der Waals surface area contributed by atoms with E-state index in [-0.39, 0.29) is 27.9 Å². The van der Waals surface area contributed by atoms with Crippen molar-refractivity contribution in [1.29, 1.82) is 0 Å². The second-order valence-electron chi connectivity index (χ2n) is 11.9. The Labute approximate surface area is 177 Å². The summed E-state index contributed by atoms with van der Waals surface area (Å²) >= 11 is 0. The van der Waals surface area contributed by atoms with E-state index in [1.807, 2.05) is 0 Å². The number of nitrogens with one attached hydrogen (secondary N) is 1. The van der Waals surface area contributed by atoms with E-state index in [0.29, 0.717) is 18.3 Å². The van der Waals surface area contributed by atoms with Crippen molar-refractivity contribution in [3.63, 3.8) is 0 Å². The van der Waals surface area contributed by atoms with Crippen LogP contribution in [-0.2, 0) is 9.22 Å². The zero-order valence-corrected chi connectivity index (χ0v) is 20.3. The van der Waals surface area contributed by atoms with E-state index in [1.54, 1.807) is 0 Å². The van der Waals surface area contributed by atoms with Gasteiger partial charge in [0.1, 0.15) is 5.76 Å². The SMILES string of the molecule is CC(C)(C)[Si](C)(C)OC1=C2[C@@H]3CC[C@H](O)[C@@]3(C)CC[C@@H]2[C@@]2(C)CCC(=O)NC2=C1. The van der Waals surface area contributed by atoms with Crippen molar-refractivity contribution in [2.45, 2.75) is 97.4 Å². The lowest BCUT2D eigenvalue weighted by molar-refractivity contribution is -0.123. The van der Waals surface area contributed by atoms with Gasteiger partial charge in [-0.05, 0) is 73.7 Å². The van der Waals surface area contributed by atoms with Gasteiger partial charge in [-0.25, -0.2) is 0 Å². The van der Waals surface area contributed by atoms with Gasteiger partial charge in [-0.15, -0.1) is 0 Å². The highest BCUT2D eigenvalue weighted by Gasteiger charge is 2.58. The van der Waals surface area contributed by atoms with Crippen LogP contribution in [0.25, 0.3) is 0 Å². The van der Waals surface area contributed by atoms with Crippen molar-refractivity contribution in [2.75, 3.05) is 0 Å². The summed E-state index contributed by atoms with van der Waals surface area (Å²) in [6.07, 6.45) is 7.48. The van der Waals surface area contributed by atoms with Gasteiger partial charge in [-0.3, -0.25) is 4.79 Å². The Bertz CT molecular complexity index is 792. The molecular weight excluding hydrogens is 378 g/mol. The molecule has 0 bridgehead atoms. The van der Waals surface area contributed by atoms with Gasteiger partial charge in [0, 0.05) is 22.9 Å². The smallest absolute Gasteiger partial charge is 0.250 e. The van der Waals surface area contributed by atoms with Crippen LogP contribution in [0, 0.1) is 22.7 Å². The van der Waals surface area contributed by atoms with Crippen LogP contribution in [0.15, 0.2) is 23.1 Å². The minimum atomic E-state index is -2.03. The zero-order valence-electron chi connectivity index (χ0n) is 19.3. The maximum atomic E-state index is 12.2. The topological polar surface area (TPSA) is 58.6 Å². The number of rotatable bonds is 2. The molecule has 4 aliphatic rings. The van der Waals surface area contributed by atoms with Crippen molar-refractivity contribution in [3.8, 4) is 0 Å². The highest BCUT2D eigenvalue weighted by Crippen LogP contribution is 2.63. The number of aliphatic hydroxyl groups is 1. The van der Waals surface area contributed by atoms with Crippen LogP contribution in [0.2, 0.25) is 18.1 Å². The molecule has 0 spiro atoms. The summed E-state index contributed by atoms with van der Waals surface area (Å²) in [5.41, 5.74) is 2.42. The summed E-state index contributed by atoms with van der Waals surface area (Å²) in [6, 6.07) is 0. The Morgan fingerprint density at radius 1 is 1.14 bits per heavy atom. The van der Waals surface area contributed by atoms with Gasteiger partial charge in [0.25, 0.3) is 0 Å². The number of piperidine rings is 1. The van der Waals surface area contributed by atoms with Crippen LogP contribution in [0.4, 0.5) is 0 Å². The number of hydrogen-bond acceptors (Lipinski definition) is 3. The van der Waals surface area contributed by atoms with E-state index in [0.717, 1.165) is 43.6 Å². The predicted octanol–water partition coefficient (Wildman–Crippen LogP) is 5.26. The van der Waals surface area contributed by atoms with Crippen molar-refractivity contribution in [2.24, 2.45) is 22.7 Å².